The van der Waals surface area contributed by atoms with Gasteiger partial charge in [0.1, 0.15) is 4.83 Å². The second-order valence-corrected chi connectivity index (χ2v) is 8.86. The molecule has 1 fully saturated rings. The summed E-state index contributed by atoms with van der Waals surface area (Å²) in [5.74, 6) is 7.00. The van der Waals surface area contributed by atoms with Gasteiger partial charge >= 0.3 is 0 Å². The van der Waals surface area contributed by atoms with Gasteiger partial charge in [-0.15, -0.1) is 11.3 Å². The third kappa shape index (κ3) is 3.09. The number of nitrogens with two attached hydrogens (primary N) is 1. The molecule has 0 unspecified atom stereocenters. The number of rotatable bonds is 4. The van der Waals surface area contributed by atoms with Gasteiger partial charge in [0.15, 0.2) is 5.16 Å². The lowest BCUT2D eigenvalue weighted by Crippen LogP contribution is -2.32. The minimum Gasteiger partial charge on any atom is -0.334 e. The lowest BCUT2D eigenvalue weighted by Gasteiger charge is -2.26. The van der Waals surface area contributed by atoms with Crippen molar-refractivity contribution in [1.29, 1.82) is 0 Å². The molecule has 4 rings (SSSR count). The highest BCUT2D eigenvalue weighted by Crippen LogP contribution is 2.34. The number of hydrogen-bond acceptors (Lipinski definition) is 6. The first-order chi connectivity index (χ1) is 11.7. The maximum Gasteiger partial charge on any atom is 0.281 e. The Morgan fingerprint density at radius 1 is 1.12 bits per heavy atom. The Bertz CT molecular complexity index is 792. The average Bonchev–Trinajstić information content (AvgIpc) is 2.98. The summed E-state index contributed by atoms with van der Waals surface area (Å²) >= 11 is 3.30. The van der Waals surface area contributed by atoms with Crippen molar-refractivity contribution in [2.75, 3.05) is 31.2 Å². The minimum absolute atomic E-state index is 0.0696. The van der Waals surface area contributed by atoms with Gasteiger partial charge in [0.05, 0.1) is 5.39 Å². The van der Waals surface area contributed by atoms with Crippen LogP contribution in [0.25, 0.3) is 10.2 Å². The fraction of sp³-hybridized carbons (Fsp3) is 0.647. The number of fused-ring (bicyclic) bond motifs is 3. The SMILES string of the molecule is Nn1c(SCCN2CCCCC2)nc2sc3c(c2c1=O)CCCC3. The number of likely N-dealkylation sites (tertiary alicyclic amines) is 1. The minimum atomic E-state index is -0.0696. The van der Waals surface area contributed by atoms with E-state index in [9.17, 15) is 4.79 Å². The molecule has 0 saturated carbocycles. The zero-order chi connectivity index (χ0) is 16.5. The van der Waals surface area contributed by atoms with E-state index >= 15 is 0 Å². The zero-order valence-corrected chi connectivity index (χ0v) is 15.6. The van der Waals surface area contributed by atoms with Crippen molar-refractivity contribution in [3.63, 3.8) is 0 Å². The summed E-state index contributed by atoms with van der Waals surface area (Å²) in [6.45, 7) is 3.43. The highest BCUT2D eigenvalue weighted by molar-refractivity contribution is 7.99. The molecule has 1 saturated heterocycles. The molecule has 3 heterocycles. The predicted octanol–water partition coefficient (Wildman–Crippen LogP) is 2.63. The molecule has 5 nitrogen and oxygen atoms in total. The number of piperidine rings is 1. The van der Waals surface area contributed by atoms with Gasteiger partial charge in [0, 0.05) is 17.2 Å². The molecule has 0 amide bonds. The predicted molar refractivity (Wildman–Crippen MR) is 102 cm³/mol. The molecule has 7 heteroatoms. The highest BCUT2D eigenvalue weighted by atomic mass is 32.2. The first-order valence-corrected chi connectivity index (χ1v) is 10.7. The van der Waals surface area contributed by atoms with Crippen molar-refractivity contribution in [2.45, 2.75) is 50.1 Å². The van der Waals surface area contributed by atoms with Crippen LogP contribution in [-0.4, -0.2) is 39.9 Å². The van der Waals surface area contributed by atoms with Gasteiger partial charge in [-0.05, 0) is 57.2 Å². The molecule has 0 aromatic carbocycles. The Morgan fingerprint density at radius 2 is 1.92 bits per heavy atom. The first kappa shape index (κ1) is 16.4. The van der Waals surface area contributed by atoms with E-state index in [1.54, 1.807) is 23.1 Å². The third-order valence-electron chi connectivity index (χ3n) is 5.08. The average molecular weight is 365 g/mol. The lowest BCUT2D eigenvalue weighted by molar-refractivity contribution is 0.242. The monoisotopic (exact) mass is 364 g/mol. The highest BCUT2D eigenvalue weighted by Gasteiger charge is 2.21. The molecule has 2 aliphatic rings. The Hall–Kier alpha value is -1.05. The Morgan fingerprint density at radius 3 is 2.75 bits per heavy atom. The van der Waals surface area contributed by atoms with Crippen molar-refractivity contribution < 1.29 is 0 Å². The summed E-state index contributed by atoms with van der Waals surface area (Å²) in [4.78, 5) is 22.2. The number of nitrogens with zero attached hydrogens (tertiary/aromatic N) is 3. The van der Waals surface area contributed by atoms with E-state index in [0.29, 0.717) is 5.16 Å². The number of aryl methyl sites for hydroxylation is 2. The Labute approximate surface area is 150 Å². The maximum absolute atomic E-state index is 12.7. The summed E-state index contributed by atoms with van der Waals surface area (Å²) in [5, 5.41) is 1.43. The van der Waals surface area contributed by atoms with Crippen LogP contribution in [0.3, 0.4) is 0 Å². The largest absolute Gasteiger partial charge is 0.334 e. The summed E-state index contributed by atoms with van der Waals surface area (Å²) in [7, 11) is 0. The van der Waals surface area contributed by atoms with Crippen molar-refractivity contribution in [3.8, 4) is 0 Å². The van der Waals surface area contributed by atoms with Crippen LogP contribution in [0, 0.1) is 0 Å². The molecule has 0 atom stereocenters. The topological polar surface area (TPSA) is 64.2 Å². The van der Waals surface area contributed by atoms with E-state index in [-0.39, 0.29) is 5.56 Å². The number of aromatic nitrogens is 2. The van der Waals surface area contributed by atoms with E-state index < -0.39 is 0 Å². The number of nitrogen functional groups attached to an aromatic ring is 1. The maximum atomic E-state index is 12.7. The summed E-state index contributed by atoms with van der Waals surface area (Å²) in [5.41, 5.74) is 1.14. The third-order valence-corrected chi connectivity index (χ3v) is 7.19. The van der Waals surface area contributed by atoms with Crippen LogP contribution in [0.4, 0.5) is 0 Å². The van der Waals surface area contributed by atoms with Gasteiger partial charge in [-0.1, -0.05) is 18.2 Å². The normalized spacial score (nSPS) is 18.8. The molecule has 130 valence electrons. The molecule has 1 aliphatic carbocycles. The molecular formula is C17H24N4OS2. The van der Waals surface area contributed by atoms with Gasteiger partial charge in [-0.3, -0.25) is 4.79 Å². The molecule has 0 bridgehead atoms. The van der Waals surface area contributed by atoms with Gasteiger partial charge in [0.2, 0.25) is 0 Å². The van der Waals surface area contributed by atoms with Gasteiger partial charge in [0.25, 0.3) is 5.56 Å². The fourth-order valence-electron chi connectivity index (χ4n) is 3.75. The molecule has 2 N–H and O–H groups in total. The molecule has 2 aromatic heterocycles. The van der Waals surface area contributed by atoms with Crippen LogP contribution in [0.1, 0.15) is 42.5 Å². The molecule has 0 spiro atoms. The summed E-state index contributed by atoms with van der Waals surface area (Å²) in [6.07, 6.45) is 8.41. The van der Waals surface area contributed by atoms with Gasteiger partial charge < -0.3 is 10.7 Å². The molecule has 1 aliphatic heterocycles. The standard InChI is InChI=1S/C17H24N4OS2/c18-21-16(22)14-12-6-2-3-7-13(12)24-15(14)19-17(21)23-11-10-20-8-4-1-5-9-20/h1-11,18H2. The Kier molecular flexibility index (Phi) is 4.83. The van der Waals surface area contributed by atoms with E-state index in [4.69, 9.17) is 10.8 Å². The quantitative estimate of drug-likeness (QED) is 0.513. The smallest absolute Gasteiger partial charge is 0.281 e. The van der Waals surface area contributed by atoms with Crippen molar-refractivity contribution in [1.82, 2.24) is 14.6 Å². The summed E-state index contributed by atoms with van der Waals surface area (Å²) < 4.78 is 1.27. The van der Waals surface area contributed by atoms with Gasteiger partial charge in [-0.25, -0.2) is 9.66 Å². The first-order valence-electron chi connectivity index (χ1n) is 8.91. The fourth-order valence-corrected chi connectivity index (χ4v) is 5.97. The van der Waals surface area contributed by atoms with Crippen LogP contribution in [0.5, 0.6) is 0 Å². The van der Waals surface area contributed by atoms with Crippen LogP contribution in [0.15, 0.2) is 9.95 Å². The number of thiophene rings is 1. The second kappa shape index (κ2) is 7.06. The van der Waals surface area contributed by atoms with Crippen LogP contribution in [0.2, 0.25) is 0 Å². The van der Waals surface area contributed by atoms with Crippen molar-refractivity contribution >= 4 is 33.3 Å². The lowest BCUT2D eigenvalue weighted by atomic mass is 9.97. The Balaban J connectivity index is 1.55. The van der Waals surface area contributed by atoms with E-state index in [2.05, 4.69) is 4.90 Å². The summed E-state index contributed by atoms with van der Waals surface area (Å²) in [6, 6.07) is 0. The number of thioether (sulfide) groups is 1. The molecule has 24 heavy (non-hydrogen) atoms. The second-order valence-electron chi connectivity index (χ2n) is 6.71. The van der Waals surface area contributed by atoms with E-state index in [1.807, 2.05) is 0 Å². The zero-order valence-electron chi connectivity index (χ0n) is 13.9. The molecular weight excluding hydrogens is 340 g/mol. The van der Waals surface area contributed by atoms with Crippen molar-refractivity contribution in [2.24, 2.45) is 0 Å². The van der Waals surface area contributed by atoms with Crippen LogP contribution >= 0.6 is 23.1 Å². The van der Waals surface area contributed by atoms with Gasteiger partial charge in [-0.2, -0.15) is 0 Å². The molecule has 0 radical (unpaired) electrons. The van der Waals surface area contributed by atoms with E-state index in [0.717, 1.165) is 41.8 Å². The molecule has 2 aromatic rings. The van der Waals surface area contributed by atoms with Crippen LogP contribution < -0.4 is 11.4 Å². The van der Waals surface area contributed by atoms with E-state index in [1.165, 1.54) is 53.9 Å². The van der Waals surface area contributed by atoms with Crippen molar-refractivity contribution in [3.05, 3.63) is 20.8 Å². The van der Waals surface area contributed by atoms with Crippen LogP contribution in [-0.2, 0) is 12.8 Å². The number of hydrogen-bond donors (Lipinski definition) is 1.